The van der Waals surface area contributed by atoms with Gasteiger partial charge in [0.25, 0.3) is 5.91 Å². The molecule has 0 radical (unpaired) electrons. The summed E-state index contributed by atoms with van der Waals surface area (Å²) in [5, 5.41) is 2.74. The van der Waals surface area contributed by atoms with Gasteiger partial charge in [0.1, 0.15) is 0 Å². The first-order valence-corrected chi connectivity index (χ1v) is 7.51. The van der Waals surface area contributed by atoms with Crippen molar-refractivity contribution in [3.05, 3.63) is 23.8 Å². The zero-order chi connectivity index (χ0) is 17.5. The molecule has 1 amide bonds. The molecule has 1 aromatic carbocycles. The quantitative estimate of drug-likeness (QED) is 0.573. The summed E-state index contributed by atoms with van der Waals surface area (Å²) >= 11 is 0. The van der Waals surface area contributed by atoms with Crippen molar-refractivity contribution in [2.75, 3.05) is 27.9 Å². The topological polar surface area (TPSA) is 83.1 Å². The minimum Gasteiger partial charge on any atom is -0.493 e. The molecule has 0 heterocycles. The van der Waals surface area contributed by atoms with Gasteiger partial charge in [0.2, 0.25) is 5.75 Å². The Hall–Kier alpha value is -2.70. The van der Waals surface area contributed by atoms with Crippen molar-refractivity contribution in [3.63, 3.8) is 0 Å². The van der Waals surface area contributed by atoms with Crippen LogP contribution in [0.2, 0.25) is 0 Å². The van der Waals surface area contributed by atoms with Crippen LogP contribution >= 0.6 is 0 Å². The second kappa shape index (κ2) is 8.24. The van der Waals surface area contributed by atoms with E-state index in [0.717, 1.165) is 12.8 Å². The number of carbonyl (C=O) groups is 2. The smallest absolute Gasteiger partial charge is 0.331 e. The van der Waals surface area contributed by atoms with Gasteiger partial charge in [-0.25, -0.2) is 4.79 Å². The molecule has 0 spiro atoms. The molecular weight excluding hydrogens is 314 g/mol. The Labute approximate surface area is 140 Å². The highest BCUT2D eigenvalue weighted by Gasteiger charge is 2.23. The fraction of sp³-hybridized carbons (Fsp3) is 0.412. The lowest BCUT2D eigenvalue weighted by Crippen LogP contribution is -2.30. The van der Waals surface area contributed by atoms with E-state index >= 15 is 0 Å². The van der Waals surface area contributed by atoms with Crippen LogP contribution < -0.4 is 19.5 Å². The average molecular weight is 335 g/mol. The molecule has 2 rings (SSSR count). The van der Waals surface area contributed by atoms with Crippen LogP contribution in [0, 0.1) is 0 Å². The maximum absolute atomic E-state index is 11.7. The van der Waals surface area contributed by atoms with Gasteiger partial charge in [0, 0.05) is 12.1 Å². The predicted molar refractivity (Wildman–Crippen MR) is 87.3 cm³/mol. The lowest BCUT2D eigenvalue weighted by atomic mass is 10.1. The number of amides is 1. The number of ether oxygens (including phenoxy) is 4. The monoisotopic (exact) mass is 335 g/mol. The standard InChI is InChI=1S/C17H21NO6/c1-21-13-8-11(9-14(22-2)17(13)23-3)4-7-16(20)24-10-15(19)18-12-5-6-12/h4,7-9,12H,5-6,10H2,1-3H3,(H,18,19)/b7-4+. The van der Waals surface area contributed by atoms with Gasteiger partial charge in [0.05, 0.1) is 21.3 Å². The van der Waals surface area contributed by atoms with Crippen LogP contribution in [-0.2, 0) is 14.3 Å². The molecule has 0 unspecified atom stereocenters. The zero-order valence-corrected chi connectivity index (χ0v) is 14.0. The Morgan fingerprint density at radius 3 is 2.25 bits per heavy atom. The summed E-state index contributed by atoms with van der Waals surface area (Å²) in [4.78, 5) is 23.1. The van der Waals surface area contributed by atoms with Crippen molar-refractivity contribution >= 4 is 18.0 Å². The van der Waals surface area contributed by atoms with Gasteiger partial charge in [-0.15, -0.1) is 0 Å². The highest BCUT2D eigenvalue weighted by Crippen LogP contribution is 2.38. The van der Waals surface area contributed by atoms with Crippen molar-refractivity contribution in [1.29, 1.82) is 0 Å². The summed E-state index contributed by atoms with van der Waals surface area (Å²) in [6.45, 7) is -0.283. The van der Waals surface area contributed by atoms with Crippen LogP contribution in [0.5, 0.6) is 17.2 Å². The first kappa shape index (κ1) is 17.7. The van der Waals surface area contributed by atoms with E-state index in [1.165, 1.54) is 27.4 Å². The van der Waals surface area contributed by atoms with Crippen LogP contribution in [-0.4, -0.2) is 45.9 Å². The summed E-state index contributed by atoms with van der Waals surface area (Å²) in [6.07, 6.45) is 4.76. The van der Waals surface area contributed by atoms with Gasteiger partial charge in [0.15, 0.2) is 18.1 Å². The number of hydrogen-bond acceptors (Lipinski definition) is 6. The summed E-state index contributed by atoms with van der Waals surface area (Å²) in [7, 11) is 4.54. The van der Waals surface area contributed by atoms with Crippen LogP contribution in [0.25, 0.3) is 6.08 Å². The first-order chi connectivity index (χ1) is 11.6. The van der Waals surface area contributed by atoms with E-state index in [0.29, 0.717) is 22.8 Å². The lowest BCUT2D eigenvalue weighted by Gasteiger charge is -2.12. The fourth-order valence-electron chi connectivity index (χ4n) is 2.04. The summed E-state index contributed by atoms with van der Waals surface area (Å²) in [5.41, 5.74) is 0.670. The second-order valence-electron chi connectivity index (χ2n) is 5.24. The van der Waals surface area contributed by atoms with E-state index in [4.69, 9.17) is 18.9 Å². The molecule has 1 saturated carbocycles. The van der Waals surface area contributed by atoms with Gasteiger partial charge in [-0.2, -0.15) is 0 Å². The molecule has 1 fully saturated rings. The molecule has 0 aromatic heterocycles. The largest absolute Gasteiger partial charge is 0.493 e. The van der Waals surface area contributed by atoms with E-state index in [-0.39, 0.29) is 18.6 Å². The number of methoxy groups -OCH3 is 3. The average Bonchev–Trinajstić information content (AvgIpc) is 3.40. The summed E-state index contributed by atoms with van der Waals surface area (Å²) in [5.74, 6) is 0.542. The molecule has 1 aliphatic carbocycles. The van der Waals surface area contributed by atoms with Gasteiger partial charge < -0.3 is 24.3 Å². The predicted octanol–water partition coefficient (Wildman–Crippen LogP) is 1.55. The molecule has 24 heavy (non-hydrogen) atoms. The molecule has 1 N–H and O–H groups in total. The molecule has 0 saturated heterocycles. The van der Waals surface area contributed by atoms with Gasteiger partial charge >= 0.3 is 5.97 Å². The Kier molecular flexibility index (Phi) is 6.06. The molecule has 0 atom stereocenters. The molecule has 7 heteroatoms. The number of nitrogens with one attached hydrogen (secondary N) is 1. The third-order valence-electron chi connectivity index (χ3n) is 3.39. The third kappa shape index (κ3) is 4.91. The molecular formula is C17H21NO6. The van der Waals surface area contributed by atoms with E-state index in [9.17, 15) is 9.59 Å². The second-order valence-corrected chi connectivity index (χ2v) is 5.24. The summed E-state index contributed by atoms with van der Waals surface area (Å²) < 4.78 is 20.6. The van der Waals surface area contributed by atoms with Crippen molar-refractivity contribution in [3.8, 4) is 17.2 Å². The highest BCUT2D eigenvalue weighted by molar-refractivity contribution is 5.89. The third-order valence-corrected chi connectivity index (χ3v) is 3.39. The number of esters is 1. The van der Waals surface area contributed by atoms with E-state index in [1.807, 2.05) is 0 Å². The van der Waals surface area contributed by atoms with E-state index in [2.05, 4.69) is 5.32 Å². The fourth-order valence-corrected chi connectivity index (χ4v) is 2.04. The Morgan fingerprint density at radius 1 is 1.12 bits per heavy atom. The molecule has 130 valence electrons. The number of rotatable bonds is 8. The van der Waals surface area contributed by atoms with Crippen LogP contribution in [0.1, 0.15) is 18.4 Å². The molecule has 1 aromatic rings. The Bertz CT molecular complexity index is 611. The molecule has 1 aliphatic rings. The van der Waals surface area contributed by atoms with E-state index in [1.54, 1.807) is 18.2 Å². The van der Waals surface area contributed by atoms with Crippen LogP contribution in [0.3, 0.4) is 0 Å². The van der Waals surface area contributed by atoms with Crippen molar-refractivity contribution < 1.29 is 28.5 Å². The Balaban J connectivity index is 1.96. The van der Waals surface area contributed by atoms with Crippen molar-refractivity contribution in [2.24, 2.45) is 0 Å². The summed E-state index contributed by atoms with van der Waals surface area (Å²) in [6, 6.07) is 3.64. The maximum atomic E-state index is 11.7. The molecule has 7 nitrogen and oxygen atoms in total. The van der Waals surface area contributed by atoms with E-state index < -0.39 is 5.97 Å². The Morgan fingerprint density at radius 2 is 1.75 bits per heavy atom. The van der Waals surface area contributed by atoms with Crippen LogP contribution in [0.15, 0.2) is 18.2 Å². The minimum atomic E-state index is -0.602. The normalized spacial score (nSPS) is 13.5. The van der Waals surface area contributed by atoms with Crippen LogP contribution in [0.4, 0.5) is 0 Å². The SMILES string of the molecule is COc1cc(/C=C/C(=O)OCC(=O)NC2CC2)cc(OC)c1OC. The maximum Gasteiger partial charge on any atom is 0.331 e. The van der Waals surface area contributed by atoms with Gasteiger partial charge in [-0.1, -0.05) is 0 Å². The van der Waals surface area contributed by atoms with Crippen molar-refractivity contribution in [2.45, 2.75) is 18.9 Å². The van der Waals surface area contributed by atoms with Gasteiger partial charge in [-0.3, -0.25) is 4.79 Å². The zero-order valence-electron chi connectivity index (χ0n) is 14.0. The number of carbonyl (C=O) groups excluding carboxylic acids is 2. The van der Waals surface area contributed by atoms with Gasteiger partial charge in [-0.05, 0) is 36.6 Å². The molecule has 0 bridgehead atoms. The highest BCUT2D eigenvalue weighted by atomic mass is 16.5. The van der Waals surface area contributed by atoms with Crippen molar-refractivity contribution in [1.82, 2.24) is 5.32 Å². The number of hydrogen-bond donors (Lipinski definition) is 1. The lowest BCUT2D eigenvalue weighted by molar-refractivity contribution is -0.143. The molecule has 0 aliphatic heterocycles. The minimum absolute atomic E-state index is 0.242. The first-order valence-electron chi connectivity index (χ1n) is 7.51. The number of benzene rings is 1.